The Morgan fingerprint density at radius 2 is 1.82 bits per heavy atom. The molecule has 0 spiro atoms. The van der Waals surface area contributed by atoms with Crippen molar-refractivity contribution >= 4 is 45.4 Å². The minimum Gasteiger partial charge on any atom is -0.493 e. The van der Waals surface area contributed by atoms with Gasteiger partial charge in [-0.2, -0.15) is 0 Å². The highest BCUT2D eigenvalue weighted by Crippen LogP contribution is 2.37. The van der Waals surface area contributed by atoms with Crippen molar-refractivity contribution in [3.63, 3.8) is 0 Å². The number of carbonyl (C=O) groups excluding carboxylic acids is 2. The Morgan fingerprint density at radius 3 is 2.64 bits per heavy atom. The summed E-state index contributed by atoms with van der Waals surface area (Å²) in [7, 11) is 1.42. The predicted molar refractivity (Wildman–Crippen MR) is 146 cm³/mol. The van der Waals surface area contributed by atoms with E-state index in [0.29, 0.717) is 11.3 Å². The van der Waals surface area contributed by atoms with Crippen LogP contribution in [0.15, 0.2) is 83.9 Å². The number of benzene rings is 3. The van der Waals surface area contributed by atoms with Crippen molar-refractivity contribution in [2.75, 3.05) is 20.3 Å². The molecule has 0 radical (unpaired) electrons. The highest BCUT2D eigenvalue weighted by atomic mass is 32.2. The van der Waals surface area contributed by atoms with Crippen molar-refractivity contribution in [1.29, 1.82) is 0 Å². The van der Waals surface area contributed by atoms with E-state index in [9.17, 15) is 19.7 Å². The maximum atomic E-state index is 13.0. The molecule has 0 bridgehead atoms. The molecule has 0 saturated carbocycles. The maximum absolute atomic E-state index is 13.0. The van der Waals surface area contributed by atoms with E-state index in [1.807, 2.05) is 42.5 Å². The molecule has 11 heteroatoms. The SMILES string of the molecule is COc1cc(/C=C2\SC(=O)N(CCOc3cccc4ccccc34)C2=O)ccc1Oc1ncccc1[N+](=O)[O-]. The Morgan fingerprint density at radius 1 is 1.00 bits per heavy atom. The molecule has 196 valence electrons. The first-order chi connectivity index (χ1) is 18.9. The van der Waals surface area contributed by atoms with Crippen LogP contribution >= 0.6 is 11.8 Å². The summed E-state index contributed by atoms with van der Waals surface area (Å²) in [6.07, 6.45) is 2.96. The normalized spacial score (nSPS) is 14.2. The summed E-state index contributed by atoms with van der Waals surface area (Å²) < 4.78 is 16.9. The molecule has 1 saturated heterocycles. The van der Waals surface area contributed by atoms with Gasteiger partial charge < -0.3 is 14.2 Å². The van der Waals surface area contributed by atoms with Crippen LogP contribution in [0, 0.1) is 10.1 Å². The minimum atomic E-state index is -0.591. The molecule has 0 atom stereocenters. The molecule has 1 fully saturated rings. The van der Waals surface area contributed by atoms with E-state index < -0.39 is 10.8 Å². The highest BCUT2D eigenvalue weighted by molar-refractivity contribution is 8.18. The topological polar surface area (TPSA) is 121 Å². The summed E-state index contributed by atoms with van der Waals surface area (Å²) in [5.74, 6) is 0.554. The van der Waals surface area contributed by atoms with Crippen molar-refractivity contribution in [2.45, 2.75) is 0 Å². The van der Waals surface area contributed by atoms with E-state index in [-0.39, 0.29) is 46.4 Å². The molecule has 0 unspecified atom stereocenters. The van der Waals surface area contributed by atoms with Gasteiger partial charge in [0.1, 0.15) is 12.4 Å². The van der Waals surface area contributed by atoms with Gasteiger partial charge in [-0.25, -0.2) is 4.98 Å². The van der Waals surface area contributed by atoms with E-state index in [4.69, 9.17) is 14.2 Å². The molecular formula is C28H21N3O7S. The third kappa shape index (κ3) is 5.53. The lowest BCUT2D eigenvalue weighted by atomic mass is 10.1. The summed E-state index contributed by atoms with van der Waals surface area (Å²) in [6, 6.07) is 21.0. The number of aromatic nitrogens is 1. The smallest absolute Gasteiger partial charge is 0.331 e. The van der Waals surface area contributed by atoms with E-state index in [1.54, 1.807) is 24.3 Å². The zero-order valence-corrected chi connectivity index (χ0v) is 21.4. The molecule has 10 nitrogen and oxygen atoms in total. The van der Waals surface area contributed by atoms with Crippen LogP contribution in [-0.2, 0) is 4.79 Å². The number of hydrogen-bond donors (Lipinski definition) is 0. The van der Waals surface area contributed by atoms with Gasteiger partial charge >= 0.3 is 5.69 Å². The number of imide groups is 1. The second kappa shape index (κ2) is 11.2. The molecule has 5 rings (SSSR count). The van der Waals surface area contributed by atoms with E-state index in [0.717, 1.165) is 27.4 Å². The van der Waals surface area contributed by atoms with Gasteiger partial charge in [0.2, 0.25) is 0 Å². The zero-order valence-electron chi connectivity index (χ0n) is 20.6. The van der Waals surface area contributed by atoms with Crippen LogP contribution in [0.5, 0.6) is 23.1 Å². The number of pyridine rings is 1. The number of nitrogens with zero attached hydrogens (tertiary/aromatic N) is 3. The number of ether oxygens (including phenoxy) is 3. The fourth-order valence-corrected chi connectivity index (χ4v) is 4.84. The molecule has 3 aromatic carbocycles. The second-order valence-electron chi connectivity index (χ2n) is 8.26. The van der Waals surface area contributed by atoms with Gasteiger partial charge in [-0.05, 0) is 53.1 Å². The van der Waals surface area contributed by atoms with E-state index >= 15 is 0 Å². The number of amides is 2. The Labute approximate surface area is 227 Å². The number of thioether (sulfide) groups is 1. The van der Waals surface area contributed by atoms with Crippen LogP contribution in [0.1, 0.15) is 5.56 Å². The number of methoxy groups -OCH3 is 1. The summed E-state index contributed by atoms with van der Waals surface area (Å²) in [5, 5.41) is 12.9. The standard InChI is InChI=1S/C28H21N3O7S/c1-36-24-16-18(11-12-23(24)38-26-21(31(34)35)9-5-13-29-26)17-25-27(32)30(28(33)39-25)14-15-37-22-10-4-7-19-6-2-3-8-20(19)22/h2-13,16-17H,14-15H2,1H3/b25-17-. The van der Waals surface area contributed by atoms with Gasteiger partial charge in [0.05, 0.1) is 23.5 Å². The van der Waals surface area contributed by atoms with Crippen LogP contribution in [0.25, 0.3) is 16.8 Å². The molecule has 39 heavy (non-hydrogen) atoms. The number of rotatable bonds is 9. The van der Waals surface area contributed by atoms with Crippen molar-refractivity contribution in [3.05, 3.63) is 99.6 Å². The first kappa shape index (κ1) is 25.7. The predicted octanol–water partition coefficient (Wildman–Crippen LogP) is 6.06. The van der Waals surface area contributed by atoms with E-state index in [2.05, 4.69) is 4.98 Å². The van der Waals surface area contributed by atoms with E-state index in [1.165, 1.54) is 25.4 Å². The molecule has 0 aliphatic carbocycles. The Balaban J connectivity index is 1.28. The van der Waals surface area contributed by atoms with Crippen molar-refractivity contribution in [1.82, 2.24) is 9.88 Å². The van der Waals surface area contributed by atoms with Gasteiger partial charge in [-0.1, -0.05) is 42.5 Å². The fourth-order valence-electron chi connectivity index (χ4n) is 3.97. The molecule has 2 heterocycles. The fraction of sp³-hybridized carbons (Fsp3) is 0.107. The Bertz CT molecular complexity index is 1620. The molecule has 1 aliphatic heterocycles. The third-order valence-electron chi connectivity index (χ3n) is 5.84. The second-order valence-corrected chi connectivity index (χ2v) is 9.25. The van der Waals surface area contributed by atoms with Crippen LogP contribution in [0.4, 0.5) is 10.5 Å². The van der Waals surface area contributed by atoms with Crippen molar-refractivity contribution in [3.8, 4) is 23.1 Å². The van der Waals surface area contributed by atoms with Gasteiger partial charge in [0.25, 0.3) is 17.0 Å². The average Bonchev–Trinajstić information content (AvgIpc) is 3.21. The van der Waals surface area contributed by atoms with Crippen LogP contribution in [0.3, 0.4) is 0 Å². The monoisotopic (exact) mass is 543 g/mol. The van der Waals surface area contributed by atoms with Crippen LogP contribution < -0.4 is 14.2 Å². The molecule has 2 amide bonds. The maximum Gasteiger partial charge on any atom is 0.331 e. The summed E-state index contributed by atoms with van der Waals surface area (Å²) in [4.78, 5) is 41.5. The molecular weight excluding hydrogens is 522 g/mol. The molecule has 1 aromatic heterocycles. The Hall–Kier alpha value is -4.90. The zero-order chi connectivity index (χ0) is 27.4. The summed E-state index contributed by atoms with van der Waals surface area (Å²) >= 11 is 0.837. The van der Waals surface area contributed by atoms with Gasteiger partial charge in [0, 0.05) is 17.6 Å². The molecule has 1 aliphatic rings. The summed E-state index contributed by atoms with van der Waals surface area (Å²) in [5.41, 5.74) is 0.286. The lowest BCUT2D eigenvalue weighted by Gasteiger charge is -2.14. The van der Waals surface area contributed by atoms with Crippen molar-refractivity contribution in [2.24, 2.45) is 0 Å². The first-order valence-corrected chi connectivity index (χ1v) is 12.6. The number of fused-ring (bicyclic) bond motifs is 1. The lowest BCUT2D eigenvalue weighted by Crippen LogP contribution is -2.32. The van der Waals surface area contributed by atoms with Crippen molar-refractivity contribution < 1.29 is 28.7 Å². The average molecular weight is 544 g/mol. The lowest BCUT2D eigenvalue weighted by molar-refractivity contribution is -0.386. The minimum absolute atomic E-state index is 0.101. The first-order valence-electron chi connectivity index (χ1n) is 11.8. The van der Waals surface area contributed by atoms with Gasteiger partial charge in [-0.3, -0.25) is 24.6 Å². The van der Waals surface area contributed by atoms with Gasteiger partial charge in [0.15, 0.2) is 11.5 Å². The largest absolute Gasteiger partial charge is 0.493 e. The van der Waals surface area contributed by atoms with Gasteiger partial charge in [-0.15, -0.1) is 0 Å². The summed E-state index contributed by atoms with van der Waals surface area (Å²) in [6.45, 7) is 0.253. The van der Waals surface area contributed by atoms with Crippen LogP contribution in [-0.4, -0.2) is 46.2 Å². The quantitative estimate of drug-likeness (QED) is 0.141. The highest BCUT2D eigenvalue weighted by Gasteiger charge is 2.35. The Kier molecular flexibility index (Phi) is 7.41. The molecule has 4 aromatic rings. The third-order valence-corrected chi connectivity index (χ3v) is 6.74. The molecule has 0 N–H and O–H groups in total. The number of carbonyl (C=O) groups is 2. The number of nitro groups is 1. The number of hydrogen-bond acceptors (Lipinski definition) is 9. The van der Waals surface area contributed by atoms with Crippen LogP contribution in [0.2, 0.25) is 0 Å².